The summed E-state index contributed by atoms with van der Waals surface area (Å²) in [6.07, 6.45) is 6.52. The standard InChI is InChI=1S/C14H28N2S/c1-11(2)12-5-4-7-16(8-6-12)13-9-15-10-14(13)17-3/h11-15H,4-10H2,1-3H3. The number of nitrogens with zero attached hydrogens (tertiary/aromatic N) is 1. The van der Waals surface area contributed by atoms with Crippen molar-refractivity contribution in [3.8, 4) is 0 Å². The molecule has 2 nitrogen and oxygen atoms in total. The zero-order valence-electron chi connectivity index (χ0n) is 11.6. The third-order valence-electron chi connectivity index (χ3n) is 4.65. The summed E-state index contributed by atoms with van der Waals surface area (Å²) in [6.45, 7) is 9.84. The largest absolute Gasteiger partial charge is 0.314 e. The lowest BCUT2D eigenvalue weighted by Gasteiger charge is -2.30. The van der Waals surface area contributed by atoms with Gasteiger partial charge in [-0.25, -0.2) is 0 Å². The summed E-state index contributed by atoms with van der Waals surface area (Å²) in [5, 5.41) is 4.37. The van der Waals surface area contributed by atoms with Crippen molar-refractivity contribution in [2.75, 3.05) is 32.4 Å². The van der Waals surface area contributed by atoms with Crippen molar-refractivity contribution in [1.29, 1.82) is 0 Å². The lowest BCUT2D eigenvalue weighted by Crippen LogP contribution is -2.42. The quantitative estimate of drug-likeness (QED) is 0.835. The molecule has 3 atom stereocenters. The summed E-state index contributed by atoms with van der Waals surface area (Å²) >= 11 is 2.04. The first-order valence-corrected chi connectivity index (χ1v) is 8.48. The van der Waals surface area contributed by atoms with E-state index in [1.807, 2.05) is 11.8 Å². The van der Waals surface area contributed by atoms with Crippen molar-refractivity contribution in [2.24, 2.45) is 11.8 Å². The molecule has 2 rings (SSSR count). The minimum atomic E-state index is 0.788. The highest BCUT2D eigenvalue weighted by Gasteiger charge is 2.32. The van der Waals surface area contributed by atoms with Crippen molar-refractivity contribution in [3.63, 3.8) is 0 Å². The minimum Gasteiger partial charge on any atom is -0.314 e. The monoisotopic (exact) mass is 256 g/mol. The minimum absolute atomic E-state index is 0.788. The van der Waals surface area contributed by atoms with Gasteiger partial charge in [-0.2, -0.15) is 11.8 Å². The Hall–Kier alpha value is 0.270. The molecule has 0 amide bonds. The van der Waals surface area contributed by atoms with E-state index in [2.05, 4.69) is 30.3 Å². The average molecular weight is 256 g/mol. The van der Waals surface area contributed by atoms with Gasteiger partial charge >= 0.3 is 0 Å². The molecule has 0 aliphatic carbocycles. The van der Waals surface area contributed by atoms with Crippen molar-refractivity contribution in [2.45, 2.75) is 44.4 Å². The highest BCUT2D eigenvalue weighted by Crippen LogP contribution is 2.28. The van der Waals surface area contributed by atoms with Gasteiger partial charge in [-0.1, -0.05) is 13.8 Å². The van der Waals surface area contributed by atoms with Crippen molar-refractivity contribution in [1.82, 2.24) is 10.2 Å². The summed E-state index contributed by atoms with van der Waals surface area (Å²) in [7, 11) is 0. The van der Waals surface area contributed by atoms with Gasteiger partial charge in [-0.05, 0) is 50.4 Å². The van der Waals surface area contributed by atoms with E-state index in [0.717, 1.165) is 23.1 Å². The maximum atomic E-state index is 3.56. The number of nitrogens with one attached hydrogen (secondary N) is 1. The molecule has 2 aliphatic heterocycles. The Morgan fingerprint density at radius 1 is 1.18 bits per heavy atom. The SMILES string of the molecule is CSC1CNCC1N1CCCC(C(C)C)CC1. The van der Waals surface area contributed by atoms with E-state index in [-0.39, 0.29) is 0 Å². The summed E-state index contributed by atoms with van der Waals surface area (Å²) in [5.74, 6) is 1.83. The zero-order chi connectivity index (χ0) is 12.3. The summed E-state index contributed by atoms with van der Waals surface area (Å²) in [5.41, 5.74) is 0. The fourth-order valence-corrected chi connectivity index (χ4v) is 4.26. The first-order valence-electron chi connectivity index (χ1n) is 7.20. The van der Waals surface area contributed by atoms with Gasteiger partial charge in [-0.3, -0.25) is 4.90 Å². The van der Waals surface area contributed by atoms with E-state index in [4.69, 9.17) is 0 Å². The lowest BCUT2D eigenvalue weighted by molar-refractivity contribution is 0.214. The summed E-state index contributed by atoms with van der Waals surface area (Å²) in [6, 6.07) is 0.788. The topological polar surface area (TPSA) is 15.3 Å². The molecule has 2 saturated heterocycles. The predicted molar refractivity (Wildman–Crippen MR) is 77.7 cm³/mol. The second-order valence-electron chi connectivity index (χ2n) is 5.97. The van der Waals surface area contributed by atoms with Gasteiger partial charge in [0.25, 0.3) is 0 Å². The molecule has 2 fully saturated rings. The second kappa shape index (κ2) is 6.44. The third kappa shape index (κ3) is 3.39. The molecule has 0 aromatic carbocycles. The van der Waals surface area contributed by atoms with Crippen LogP contribution in [-0.2, 0) is 0 Å². The van der Waals surface area contributed by atoms with Crippen LogP contribution in [0.4, 0.5) is 0 Å². The molecule has 1 N–H and O–H groups in total. The van der Waals surface area contributed by atoms with Crippen LogP contribution >= 0.6 is 11.8 Å². The zero-order valence-corrected chi connectivity index (χ0v) is 12.4. The molecule has 100 valence electrons. The normalized spacial score (nSPS) is 36.4. The Morgan fingerprint density at radius 2 is 2.00 bits per heavy atom. The van der Waals surface area contributed by atoms with E-state index in [9.17, 15) is 0 Å². The molecule has 0 spiro atoms. The first-order chi connectivity index (χ1) is 8.22. The van der Waals surface area contributed by atoms with Crippen LogP contribution in [0.3, 0.4) is 0 Å². The molecule has 0 aromatic rings. The molecular weight excluding hydrogens is 228 g/mol. The van der Waals surface area contributed by atoms with Gasteiger partial charge in [0.1, 0.15) is 0 Å². The predicted octanol–water partition coefficient (Wildman–Crippen LogP) is 2.45. The van der Waals surface area contributed by atoms with Gasteiger partial charge < -0.3 is 5.32 Å². The van der Waals surface area contributed by atoms with Crippen LogP contribution in [0, 0.1) is 11.8 Å². The number of thioether (sulfide) groups is 1. The van der Waals surface area contributed by atoms with E-state index in [0.29, 0.717) is 0 Å². The maximum Gasteiger partial charge on any atom is 0.0351 e. The molecule has 17 heavy (non-hydrogen) atoms. The maximum absolute atomic E-state index is 3.56. The van der Waals surface area contributed by atoms with E-state index >= 15 is 0 Å². The second-order valence-corrected chi connectivity index (χ2v) is 7.05. The van der Waals surface area contributed by atoms with E-state index in [1.165, 1.54) is 45.4 Å². The van der Waals surface area contributed by atoms with Crippen LogP contribution in [0.1, 0.15) is 33.1 Å². The Kier molecular flexibility index (Phi) is 5.19. The van der Waals surface area contributed by atoms with Crippen LogP contribution < -0.4 is 5.32 Å². The Bertz CT molecular complexity index is 232. The average Bonchev–Trinajstić information content (AvgIpc) is 2.65. The van der Waals surface area contributed by atoms with Crippen LogP contribution in [0.15, 0.2) is 0 Å². The summed E-state index contributed by atoms with van der Waals surface area (Å²) < 4.78 is 0. The molecule has 0 saturated carbocycles. The number of rotatable bonds is 3. The highest BCUT2D eigenvalue weighted by molar-refractivity contribution is 7.99. The molecule has 3 heteroatoms. The summed E-state index contributed by atoms with van der Waals surface area (Å²) in [4.78, 5) is 2.77. The number of hydrogen-bond donors (Lipinski definition) is 1. The van der Waals surface area contributed by atoms with Crippen molar-refractivity contribution >= 4 is 11.8 Å². The van der Waals surface area contributed by atoms with Gasteiger partial charge in [0.2, 0.25) is 0 Å². The molecule has 2 heterocycles. The molecule has 0 radical (unpaired) electrons. The van der Waals surface area contributed by atoms with E-state index in [1.54, 1.807) is 0 Å². The van der Waals surface area contributed by atoms with Crippen molar-refractivity contribution in [3.05, 3.63) is 0 Å². The Balaban J connectivity index is 1.89. The lowest BCUT2D eigenvalue weighted by atomic mass is 9.89. The molecule has 0 aromatic heterocycles. The van der Waals surface area contributed by atoms with Gasteiger partial charge in [-0.15, -0.1) is 0 Å². The van der Waals surface area contributed by atoms with Crippen LogP contribution in [0.5, 0.6) is 0 Å². The van der Waals surface area contributed by atoms with Crippen LogP contribution in [0.25, 0.3) is 0 Å². The molecular formula is C14H28N2S. The fourth-order valence-electron chi connectivity index (χ4n) is 3.39. The van der Waals surface area contributed by atoms with Crippen LogP contribution in [-0.4, -0.2) is 48.6 Å². The fraction of sp³-hybridized carbons (Fsp3) is 1.00. The molecule has 3 unspecified atom stereocenters. The van der Waals surface area contributed by atoms with Gasteiger partial charge in [0.05, 0.1) is 0 Å². The molecule has 2 aliphatic rings. The van der Waals surface area contributed by atoms with Gasteiger partial charge in [0, 0.05) is 24.4 Å². The Morgan fingerprint density at radius 3 is 2.71 bits per heavy atom. The van der Waals surface area contributed by atoms with Crippen LogP contribution in [0.2, 0.25) is 0 Å². The molecule has 0 bridgehead atoms. The highest BCUT2D eigenvalue weighted by atomic mass is 32.2. The smallest absolute Gasteiger partial charge is 0.0351 e. The number of hydrogen-bond acceptors (Lipinski definition) is 3. The third-order valence-corrected chi connectivity index (χ3v) is 5.74. The first kappa shape index (κ1) is 13.7. The Labute approximate surface area is 111 Å². The van der Waals surface area contributed by atoms with Crippen molar-refractivity contribution < 1.29 is 0 Å². The van der Waals surface area contributed by atoms with Gasteiger partial charge in [0.15, 0.2) is 0 Å². The van der Waals surface area contributed by atoms with E-state index < -0.39 is 0 Å². The number of likely N-dealkylation sites (tertiary alicyclic amines) is 1.